The van der Waals surface area contributed by atoms with Crippen molar-refractivity contribution in [1.29, 1.82) is 5.26 Å². The molecule has 0 radical (unpaired) electrons. The van der Waals surface area contributed by atoms with Crippen LogP contribution in [0.5, 0.6) is 0 Å². The largest absolute Gasteiger partial charge is 0.382 e. The van der Waals surface area contributed by atoms with E-state index in [9.17, 15) is 18.1 Å². The molecular formula is C27H32FN5O2S. The Morgan fingerprint density at radius 2 is 1.89 bits per heavy atom. The number of anilines is 1. The van der Waals surface area contributed by atoms with E-state index in [0.717, 1.165) is 40.7 Å². The molecule has 9 heteroatoms. The van der Waals surface area contributed by atoms with Crippen molar-refractivity contribution in [1.82, 2.24) is 14.2 Å². The number of piperidine rings is 1. The average Bonchev–Trinajstić information content (AvgIpc) is 2.90. The molecule has 1 fully saturated rings. The van der Waals surface area contributed by atoms with E-state index in [1.54, 1.807) is 28.8 Å². The standard InChI is InChI=1S/C27H32FN5O2S/c1-3-32(4-2)13-14-36(34,35)33-11-8-24(9-12-33)31-27-17-22(16-21-7-10-30-19-25(21)27)20-5-6-26(28)23(15-20)18-29/h5-7,10,15-17,19,24,31H,3-4,8-9,11-14H2,1-2H3. The first-order valence-corrected chi connectivity index (χ1v) is 14.0. The molecule has 3 aromatic rings. The van der Waals surface area contributed by atoms with Crippen molar-refractivity contribution in [2.75, 3.05) is 43.8 Å². The third-order valence-electron chi connectivity index (χ3n) is 6.94. The second-order valence-electron chi connectivity index (χ2n) is 9.09. The topological polar surface area (TPSA) is 89.3 Å². The maximum absolute atomic E-state index is 13.9. The summed E-state index contributed by atoms with van der Waals surface area (Å²) in [4.78, 5) is 6.40. The van der Waals surface area contributed by atoms with Gasteiger partial charge in [0.2, 0.25) is 10.0 Å². The second-order valence-corrected chi connectivity index (χ2v) is 11.2. The molecule has 0 saturated carbocycles. The molecule has 0 bridgehead atoms. The van der Waals surface area contributed by atoms with Gasteiger partial charge in [0.05, 0.1) is 11.3 Å². The van der Waals surface area contributed by atoms with Gasteiger partial charge in [-0.15, -0.1) is 0 Å². The Kier molecular flexibility index (Phi) is 8.19. The van der Waals surface area contributed by atoms with Crippen LogP contribution in [-0.4, -0.2) is 67.1 Å². The molecule has 4 rings (SSSR count). The lowest BCUT2D eigenvalue weighted by Crippen LogP contribution is -2.44. The summed E-state index contributed by atoms with van der Waals surface area (Å²) < 4.78 is 41.2. The zero-order valence-corrected chi connectivity index (χ0v) is 21.6. The molecule has 0 unspecified atom stereocenters. The molecular weight excluding hydrogens is 477 g/mol. The summed E-state index contributed by atoms with van der Waals surface area (Å²) in [5.41, 5.74) is 2.51. The fourth-order valence-corrected chi connectivity index (χ4v) is 6.20. The van der Waals surface area contributed by atoms with Crippen molar-refractivity contribution in [3.05, 3.63) is 60.2 Å². The van der Waals surface area contributed by atoms with Crippen molar-refractivity contribution in [3.63, 3.8) is 0 Å². The third kappa shape index (κ3) is 5.84. The maximum Gasteiger partial charge on any atom is 0.215 e. The number of aromatic nitrogens is 1. The third-order valence-corrected chi connectivity index (χ3v) is 8.79. The molecule has 2 aromatic carbocycles. The van der Waals surface area contributed by atoms with Crippen molar-refractivity contribution >= 4 is 26.5 Å². The minimum atomic E-state index is -3.29. The highest BCUT2D eigenvalue weighted by Crippen LogP contribution is 2.33. The summed E-state index contributed by atoms with van der Waals surface area (Å²) in [5.74, 6) is -0.392. The number of pyridine rings is 1. The number of rotatable bonds is 9. The van der Waals surface area contributed by atoms with Gasteiger partial charge < -0.3 is 10.2 Å². The first kappa shape index (κ1) is 26.0. The van der Waals surface area contributed by atoms with E-state index in [-0.39, 0.29) is 17.4 Å². The van der Waals surface area contributed by atoms with E-state index in [1.165, 1.54) is 6.07 Å². The number of benzene rings is 2. The molecule has 1 saturated heterocycles. The molecule has 0 aliphatic carbocycles. The minimum absolute atomic E-state index is 0.00594. The minimum Gasteiger partial charge on any atom is -0.382 e. The van der Waals surface area contributed by atoms with Gasteiger partial charge in [-0.1, -0.05) is 19.9 Å². The van der Waals surface area contributed by atoms with Gasteiger partial charge in [0, 0.05) is 49.1 Å². The summed E-state index contributed by atoms with van der Waals surface area (Å²) >= 11 is 0. The summed E-state index contributed by atoms with van der Waals surface area (Å²) in [6, 6.07) is 12.5. The monoisotopic (exact) mass is 509 g/mol. The second kappa shape index (κ2) is 11.3. The first-order valence-electron chi connectivity index (χ1n) is 12.4. The quantitative estimate of drug-likeness (QED) is 0.458. The van der Waals surface area contributed by atoms with Gasteiger partial charge in [-0.25, -0.2) is 17.1 Å². The predicted octanol–water partition coefficient (Wildman–Crippen LogP) is 4.46. The van der Waals surface area contributed by atoms with Gasteiger partial charge in [-0.2, -0.15) is 5.26 Å². The molecule has 0 spiro atoms. The van der Waals surface area contributed by atoms with Crippen LogP contribution in [0.2, 0.25) is 0 Å². The van der Waals surface area contributed by atoms with E-state index in [0.29, 0.717) is 32.5 Å². The fourth-order valence-electron chi connectivity index (χ4n) is 4.69. The molecule has 2 heterocycles. The van der Waals surface area contributed by atoms with E-state index < -0.39 is 15.8 Å². The fraction of sp³-hybridized carbons (Fsp3) is 0.407. The SMILES string of the molecule is CCN(CC)CCS(=O)(=O)N1CCC(Nc2cc(-c3ccc(F)c(C#N)c3)cc3ccncc23)CC1. The lowest BCUT2D eigenvalue weighted by atomic mass is 9.98. The lowest BCUT2D eigenvalue weighted by Gasteiger charge is -2.33. The Morgan fingerprint density at radius 3 is 2.58 bits per heavy atom. The van der Waals surface area contributed by atoms with Crippen molar-refractivity contribution in [2.24, 2.45) is 0 Å². The van der Waals surface area contributed by atoms with Crippen LogP contribution >= 0.6 is 0 Å². The van der Waals surface area contributed by atoms with Crippen LogP contribution in [0.4, 0.5) is 10.1 Å². The van der Waals surface area contributed by atoms with Gasteiger partial charge in [-0.05, 0) is 72.8 Å². The summed E-state index contributed by atoms with van der Waals surface area (Å²) in [5, 5.41) is 14.8. The molecule has 36 heavy (non-hydrogen) atoms. The van der Waals surface area contributed by atoms with Crippen LogP contribution in [0.1, 0.15) is 32.3 Å². The summed E-state index contributed by atoms with van der Waals surface area (Å²) in [6.07, 6.45) is 4.93. The van der Waals surface area contributed by atoms with Crippen LogP contribution in [0.25, 0.3) is 21.9 Å². The Bertz CT molecular complexity index is 1360. The number of nitrogens with zero attached hydrogens (tertiary/aromatic N) is 4. The molecule has 0 atom stereocenters. The van der Waals surface area contributed by atoms with Crippen molar-refractivity contribution in [3.8, 4) is 17.2 Å². The number of halogens is 1. The zero-order valence-electron chi connectivity index (χ0n) is 20.7. The Hall–Kier alpha value is -3.06. The summed E-state index contributed by atoms with van der Waals surface area (Å²) in [6.45, 7) is 7.29. The smallest absolute Gasteiger partial charge is 0.215 e. The van der Waals surface area contributed by atoms with Crippen molar-refractivity contribution < 1.29 is 12.8 Å². The average molecular weight is 510 g/mol. The maximum atomic E-state index is 13.9. The molecule has 1 N–H and O–H groups in total. The van der Waals surface area contributed by atoms with E-state index in [1.807, 2.05) is 38.1 Å². The van der Waals surface area contributed by atoms with E-state index >= 15 is 0 Å². The Morgan fingerprint density at radius 1 is 1.14 bits per heavy atom. The summed E-state index contributed by atoms with van der Waals surface area (Å²) in [7, 11) is -3.29. The van der Waals surface area contributed by atoms with Gasteiger partial charge in [0.1, 0.15) is 11.9 Å². The predicted molar refractivity (Wildman–Crippen MR) is 142 cm³/mol. The van der Waals surface area contributed by atoms with Gasteiger partial charge in [-0.3, -0.25) is 4.98 Å². The van der Waals surface area contributed by atoms with Crippen LogP contribution in [0.15, 0.2) is 48.8 Å². The lowest BCUT2D eigenvalue weighted by molar-refractivity contribution is 0.307. The number of hydrogen-bond donors (Lipinski definition) is 1. The van der Waals surface area contributed by atoms with E-state index in [4.69, 9.17) is 0 Å². The van der Waals surface area contributed by atoms with Crippen LogP contribution < -0.4 is 5.32 Å². The van der Waals surface area contributed by atoms with Gasteiger partial charge >= 0.3 is 0 Å². The Labute approximate surface area is 212 Å². The molecule has 1 aliphatic heterocycles. The number of hydrogen-bond acceptors (Lipinski definition) is 6. The highest BCUT2D eigenvalue weighted by atomic mass is 32.2. The number of nitriles is 1. The number of nitrogens with one attached hydrogen (secondary N) is 1. The molecule has 1 aromatic heterocycles. The highest BCUT2D eigenvalue weighted by molar-refractivity contribution is 7.89. The van der Waals surface area contributed by atoms with E-state index in [2.05, 4.69) is 15.2 Å². The van der Waals surface area contributed by atoms with Crippen LogP contribution in [-0.2, 0) is 10.0 Å². The molecule has 0 amide bonds. The highest BCUT2D eigenvalue weighted by Gasteiger charge is 2.28. The van der Waals surface area contributed by atoms with Crippen LogP contribution in [0.3, 0.4) is 0 Å². The molecule has 7 nitrogen and oxygen atoms in total. The van der Waals surface area contributed by atoms with Crippen LogP contribution in [0, 0.1) is 17.1 Å². The zero-order chi connectivity index (χ0) is 25.7. The number of sulfonamides is 1. The first-order chi connectivity index (χ1) is 17.3. The molecule has 190 valence electrons. The van der Waals surface area contributed by atoms with Crippen molar-refractivity contribution in [2.45, 2.75) is 32.7 Å². The Balaban J connectivity index is 1.51. The van der Waals surface area contributed by atoms with Gasteiger partial charge in [0.25, 0.3) is 0 Å². The molecule has 1 aliphatic rings. The van der Waals surface area contributed by atoms with Gasteiger partial charge in [0.15, 0.2) is 0 Å². The number of fused-ring (bicyclic) bond motifs is 1. The normalized spacial score (nSPS) is 15.3.